The molecular formula is C16H20N2O2S. The average molecular weight is 304 g/mol. The van der Waals surface area contributed by atoms with Crippen molar-refractivity contribution in [2.24, 2.45) is 5.41 Å². The zero-order valence-corrected chi connectivity index (χ0v) is 13.6. The van der Waals surface area contributed by atoms with Crippen molar-refractivity contribution < 1.29 is 9.59 Å². The van der Waals surface area contributed by atoms with Gasteiger partial charge in [-0.25, -0.2) is 0 Å². The molecule has 4 nitrogen and oxygen atoms in total. The van der Waals surface area contributed by atoms with Gasteiger partial charge in [0.1, 0.15) is 0 Å². The van der Waals surface area contributed by atoms with Crippen molar-refractivity contribution in [3.05, 3.63) is 35.2 Å². The van der Waals surface area contributed by atoms with Crippen molar-refractivity contribution in [2.45, 2.75) is 25.7 Å². The van der Waals surface area contributed by atoms with Crippen molar-refractivity contribution in [3.63, 3.8) is 0 Å². The molecule has 0 spiro atoms. The lowest BCUT2D eigenvalue weighted by Gasteiger charge is -2.26. The summed E-state index contributed by atoms with van der Waals surface area (Å²) in [6.07, 6.45) is 1.39. The predicted molar refractivity (Wildman–Crippen MR) is 86.3 cm³/mol. The van der Waals surface area contributed by atoms with Crippen LogP contribution in [0.4, 0.5) is 5.69 Å². The monoisotopic (exact) mass is 304 g/mol. The molecule has 0 radical (unpaired) electrons. The molecule has 1 heterocycles. The van der Waals surface area contributed by atoms with Gasteiger partial charge in [-0.2, -0.15) is 0 Å². The van der Waals surface area contributed by atoms with Gasteiger partial charge in [0.15, 0.2) is 0 Å². The van der Waals surface area contributed by atoms with Crippen LogP contribution in [0.15, 0.2) is 40.1 Å². The molecule has 1 N–H and O–H groups in total. The summed E-state index contributed by atoms with van der Waals surface area (Å²) >= 11 is 1.34. The van der Waals surface area contributed by atoms with Gasteiger partial charge in [0.2, 0.25) is 5.91 Å². The maximum absolute atomic E-state index is 12.3. The Morgan fingerprint density at radius 3 is 2.67 bits per heavy atom. The Kier molecular flexibility index (Phi) is 4.42. The summed E-state index contributed by atoms with van der Waals surface area (Å²) in [6.45, 7) is 6.71. The van der Waals surface area contributed by atoms with E-state index in [-0.39, 0.29) is 17.2 Å². The highest BCUT2D eigenvalue weighted by Gasteiger charge is 2.26. The standard InChI is InChI=1S/C16H20N2O2S/c1-16(2,3)10-17-14(19)9-13-15(20)18(4)11-7-5-6-8-12(11)21-13/h5-9H,10H2,1-4H3,(H,17,19)/b13-9+. The number of nitrogens with one attached hydrogen (secondary N) is 1. The molecule has 1 aromatic rings. The number of hydrogen-bond donors (Lipinski definition) is 1. The summed E-state index contributed by atoms with van der Waals surface area (Å²) in [6, 6.07) is 7.67. The van der Waals surface area contributed by atoms with E-state index in [4.69, 9.17) is 0 Å². The van der Waals surface area contributed by atoms with Gasteiger partial charge in [0, 0.05) is 24.6 Å². The molecule has 21 heavy (non-hydrogen) atoms. The fraction of sp³-hybridized carbons (Fsp3) is 0.375. The van der Waals surface area contributed by atoms with E-state index in [9.17, 15) is 9.59 Å². The highest BCUT2D eigenvalue weighted by molar-refractivity contribution is 8.04. The van der Waals surface area contributed by atoms with Crippen LogP contribution in [0.3, 0.4) is 0 Å². The molecule has 0 aromatic heterocycles. The zero-order valence-electron chi connectivity index (χ0n) is 12.8. The van der Waals surface area contributed by atoms with E-state index in [0.717, 1.165) is 10.6 Å². The van der Waals surface area contributed by atoms with E-state index in [1.54, 1.807) is 11.9 Å². The minimum Gasteiger partial charge on any atom is -0.352 e. The minimum absolute atomic E-state index is 0.0152. The number of thioether (sulfide) groups is 1. The number of rotatable bonds is 2. The Balaban J connectivity index is 2.16. The van der Waals surface area contributed by atoms with Gasteiger partial charge in [0.05, 0.1) is 10.6 Å². The quantitative estimate of drug-likeness (QED) is 0.855. The van der Waals surface area contributed by atoms with Crippen LogP contribution in [0.1, 0.15) is 20.8 Å². The molecule has 1 aromatic carbocycles. The number of fused-ring (bicyclic) bond motifs is 1. The summed E-state index contributed by atoms with van der Waals surface area (Å²) < 4.78 is 0. The molecule has 0 saturated carbocycles. The topological polar surface area (TPSA) is 49.4 Å². The number of carbonyl (C=O) groups is 2. The Morgan fingerprint density at radius 2 is 2.00 bits per heavy atom. The largest absolute Gasteiger partial charge is 0.352 e. The second-order valence-corrected chi connectivity index (χ2v) is 7.30. The zero-order chi connectivity index (χ0) is 15.6. The Morgan fingerprint density at radius 1 is 1.33 bits per heavy atom. The van der Waals surface area contributed by atoms with Crippen LogP contribution >= 0.6 is 11.8 Å². The summed E-state index contributed by atoms with van der Waals surface area (Å²) in [7, 11) is 1.72. The number of anilines is 1. The molecule has 0 saturated heterocycles. The van der Waals surface area contributed by atoms with Crippen LogP contribution in [0.5, 0.6) is 0 Å². The Labute approximate surface area is 129 Å². The molecular weight excluding hydrogens is 284 g/mol. The Bertz CT molecular complexity index is 603. The molecule has 0 aliphatic carbocycles. The van der Waals surface area contributed by atoms with Gasteiger partial charge < -0.3 is 10.2 Å². The minimum atomic E-state index is -0.228. The molecule has 1 aliphatic rings. The van der Waals surface area contributed by atoms with Crippen LogP contribution in [0.2, 0.25) is 0 Å². The van der Waals surface area contributed by atoms with E-state index in [1.165, 1.54) is 17.8 Å². The fourth-order valence-electron chi connectivity index (χ4n) is 1.87. The maximum Gasteiger partial charge on any atom is 0.265 e. The van der Waals surface area contributed by atoms with Crippen LogP contribution in [-0.2, 0) is 9.59 Å². The van der Waals surface area contributed by atoms with Gasteiger partial charge in [-0.3, -0.25) is 9.59 Å². The molecule has 1 aliphatic heterocycles. The number of benzene rings is 1. The molecule has 5 heteroatoms. The fourth-order valence-corrected chi connectivity index (χ4v) is 2.95. The normalized spacial score (nSPS) is 16.9. The van der Waals surface area contributed by atoms with Gasteiger partial charge >= 0.3 is 0 Å². The first kappa shape index (κ1) is 15.6. The van der Waals surface area contributed by atoms with E-state index in [2.05, 4.69) is 5.32 Å². The van der Waals surface area contributed by atoms with E-state index in [1.807, 2.05) is 45.0 Å². The third-order valence-electron chi connectivity index (χ3n) is 3.02. The number of hydrogen-bond acceptors (Lipinski definition) is 3. The van der Waals surface area contributed by atoms with Gasteiger partial charge in [-0.1, -0.05) is 44.7 Å². The SMILES string of the molecule is CN1C(=O)/C(=C\C(=O)NCC(C)(C)C)Sc2ccccc21. The lowest BCUT2D eigenvalue weighted by Crippen LogP contribution is -2.33. The molecule has 2 amide bonds. The third kappa shape index (κ3) is 3.88. The van der Waals surface area contributed by atoms with E-state index >= 15 is 0 Å². The molecule has 0 unspecified atom stereocenters. The van der Waals surface area contributed by atoms with Crippen LogP contribution < -0.4 is 10.2 Å². The highest BCUT2D eigenvalue weighted by Crippen LogP contribution is 2.40. The second kappa shape index (κ2) is 5.93. The van der Waals surface area contributed by atoms with E-state index in [0.29, 0.717) is 11.4 Å². The number of nitrogens with zero attached hydrogens (tertiary/aromatic N) is 1. The first-order valence-corrected chi connectivity index (χ1v) is 7.64. The molecule has 0 atom stereocenters. The second-order valence-electron chi connectivity index (χ2n) is 6.22. The average Bonchev–Trinajstić information content (AvgIpc) is 2.41. The molecule has 112 valence electrons. The van der Waals surface area contributed by atoms with Crippen LogP contribution in [-0.4, -0.2) is 25.4 Å². The first-order valence-electron chi connectivity index (χ1n) is 6.82. The van der Waals surface area contributed by atoms with Crippen molar-refractivity contribution in [2.75, 3.05) is 18.5 Å². The van der Waals surface area contributed by atoms with Crippen LogP contribution in [0, 0.1) is 5.41 Å². The van der Waals surface area contributed by atoms with Gasteiger partial charge in [-0.05, 0) is 17.5 Å². The lowest BCUT2D eigenvalue weighted by molar-refractivity contribution is -0.118. The number of likely N-dealkylation sites (N-methyl/N-ethyl adjacent to an activating group) is 1. The van der Waals surface area contributed by atoms with Gasteiger partial charge in [0.25, 0.3) is 5.91 Å². The van der Waals surface area contributed by atoms with Crippen molar-refractivity contribution in [1.82, 2.24) is 5.32 Å². The van der Waals surface area contributed by atoms with Crippen molar-refractivity contribution >= 4 is 29.3 Å². The van der Waals surface area contributed by atoms with Crippen LogP contribution in [0.25, 0.3) is 0 Å². The number of amides is 2. The van der Waals surface area contributed by atoms with Crippen molar-refractivity contribution in [3.8, 4) is 0 Å². The van der Waals surface area contributed by atoms with Gasteiger partial charge in [-0.15, -0.1) is 0 Å². The molecule has 2 rings (SSSR count). The van der Waals surface area contributed by atoms with Crippen molar-refractivity contribution in [1.29, 1.82) is 0 Å². The molecule has 0 fully saturated rings. The highest BCUT2D eigenvalue weighted by atomic mass is 32.2. The van der Waals surface area contributed by atoms with E-state index < -0.39 is 0 Å². The predicted octanol–water partition coefficient (Wildman–Crippen LogP) is 2.80. The maximum atomic E-state index is 12.3. The Hall–Kier alpha value is -1.75. The summed E-state index contributed by atoms with van der Waals surface area (Å²) in [5.41, 5.74) is 0.890. The molecule has 0 bridgehead atoms. The first-order chi connectivity index (χ1) is 9.78. The number of carbonyl (C=O) groups excluding carboxylic acids is 2. The smallest absolute Gasteiger partial charge is 0.265 e. The number of para-hydroxylation sites is 1. The summed E-state index contributed by atoms with van der Waals surface area (Å²) in [5.74, 6) is -0.377. The summed E-state index contributed by atoms with van der Waals surface area (Å²) in [5, 5.41) is 2.83. The third-order valence-corrected chi connectivity index (χ3v) is 4.09. The summed E-state index contributed by atoms with van der Waals surface area (Å²) in [4.78, 5) is 27.2. The lowest BCUT2D eigenvalue weighted by atomic mass is 9.97.